The van der Waals surface area contributed by atoms with Gasteiger partial charge in [-0.15, -0.1) is 0 Å². The zero-order chi connectivity index (χ0) is 13.5. The Balaban J connectivity index is 1.97. The van der Waals surface area contributed by atoms with Gasteiger partial charge >= 0.3 is 0 Å². The Labute approximate surface area is 117 Å². The number of hydrogen-bond acceptors (Lipinski definition) is 0. The first-order valence-corrected chi connectivity index (χ1v) is 6.54. The predicted molar refractivity (Wildman–Crippen MR) is 78.8 cm³/mol. The molecule has 2 rings (SSSR count). The van der Waals surface area contributed by atoms with Gasteiger partial charge in [0.25, 0.3) is 0 Å². The molecule has 19 heavy (non-hydrogen) atoms. The van der Waals surface area contributed by atoms with Gasteiger partial charge in [0.15, 0.2) is 5.83 Å². The summed E-state index contributed by atoms with van der Waals surface area (Å²) in [5, 5.41) is 0.601. The van der Waals surface area contributed by atoms with E-state index >= 15 is 0 Å². The van der Waals surface area contributed by atoms with E-state index in [4.69, 9.17) is 11.6 Å². The maximum Gasteiger partial charge on any atom is 0.172 e. The SMILES string of the molecule is FC(=C=CCCc1ccccc1)c1ccc(Cl)cc1. The smallest absolute Gasteiger partial charge is 0.172 e. The van der Waals surface area contributed by atoms with E-state index in [1.165, 1.54) is 5.56 Å². The molecule has 0 amide bonds. The molecular weight excluding hydrogens is 259 g/mol. The third kappa shape index (κ3) is 4.40. The maximum atomic E-state index is 13.7. The lowest BCUT2D eigenvalue weighted by Gasteiger charge is -1.96. The van der Waals surface area contributed by atoms with Crippen molar-refractivity contribution in [1.82, 2.24) is 0 Å². The van der Waals surface area contributed by atoms with Crippen LogP contribution in [0.5, 0.6) is 0 Å². The number of benzene rings is 2. The molecule has 0 N–H and O–H groups in total. The molecule has 2 aromatic rings. The highest BCUT2D eigenvalue weighted by Crippen LogP contribution is 2.17. The molecular formula is C17H14ClF. The molecule has 0 aliphatic carbocycles. The molecule has 2 aromatic carbocycles. The fourth-order valence-electron chi connectivity index (χ4n) is 1.72. The standard InChI is InChI=1S/C17H14ClF/c18-16-12-10-15(11-13-16)17(19)9-5-4-8-14-6-2-1-3-7-14/h1-3,5-7,10-13H,4,8H2. The van der Waals surface area contributed by atoms with Crippen LogP contribution >= 0.6 is 11.6 Å². The van der Waals surface area contributed by atoms with Crippen LogP contribution in [0.25, 0.3) is 5.83 Å². The summed E-state index contributed by atoms with van der Waals surface area (Å²) in [5.74, 6) is -0.357. The molecule has 0 aliphatic rings. The van der Waals surface area contributed by atoms with Crippen molar-refractivity contribution in [3.63, 3.8) is 0 Å². The van der Waals surface area contributed by atoms with Crippen LogP contribution in [-0.2, 0) is 6.42 Å². The van der Waals surface area contributed by atoms with E-state index in [-0.39, 0.29) is 5.83 Å². The summed E-state index contributed by atoms with van der Waals surface area (Å²) in [6, 6.07) is 16.8. The molecule has 0 radical (unpaired) electrons. The number of rotatable bonds is 4. The summed E-state index contributed by atoms with van der Waals surface area (Å²) in [5.41, 5.74) is 4.41. The fourth-order valence-corrected chi connectivity index (χ4v) is 1.85. The second-order valence-corrected chi connectivity index (χ2v) is 4.63. The van der Waals surface area contributed by atoms with Gasteiger partial charge in [-0.3, -0.25) is 0 Å². The summed E-state index contributed by atoms with van der Waals surface area (Å²) < 4.78 is 13.7. The van der Waals surface area contributed by atoms with Crippen molar-refractivity contribution in [2.75, 3.05) is 0 Å². The van der Waals surface area contributed by atoms with E-state index in [9.17, 15) is 4.39 Å². The van der Waals surface area contributed by atoms with Crippen LogP contribution in [0.3, 0.4) is 0 Å². The Hall–Kier alpha value is -1.82. The number of aryl methyl sites for hydroxylation is 1. The van der Waals surface area contributed by atoms with Gasteiger partial charge in [0, 0.05) is 10.6 Å². The van der Waals surface area contributed by atoms with Crippen LogP contribution in [0.15, 0.2) is 66.4 Å². The normalized spacial score (nSPS) is 9.79. The first-order valence-electron chi connectivity index (χ1n) is 6.16. The molecule has 0 heterocycles. The molecule has 96 valence electrons. The largest absolute Gasteiger partial charge is 0.197 e. The van der Waals surface area contributed by atoms with Crippen molar-refractivity contribution >= 4 is 17.4 Å². The van der Waals surface area contributed by atoms with Crippen LogP contribution in [0.4, 0.5) is 4.39 Å². The topological polar surface area (TPSA) is 0 Å². The quantitative estimate of drug-likeness (QED) is 0.650. The predicted octanol–water partition coefficient (Wildman–Crippen LogP) is 5.44. The minimum absolute atomic E-state index is 0.357. The van der Waals surface area contributed by atoms with E-state index in [0.29, 0.717) is 10.6 Å². The van der Waals surface area contributed by atoms with Crippen LogP contribution in [-0.4, -0.2) is 0 Å². The molecule has 0 aliphatic heterocycles. The van der Waals surface area contributed by atoms with Crippen molar-refractivity contribution in [3.05, 3.63) is 82.6 Å². The lowest BCUT2D eigenvalue weighted by molar-refractivity contribution is 0.761. The first kappa shape index (κ1) is 13.6. The monoisotopic (exact) mass is 272 g/mol. The fraction of sp³-hybridized carbons (Fsp3) is 0.118. The van der Waals surface area contributed by atoms with Crippen molar-refractivity contribution in [2.24, 2.45) is 0 Å². The molecule has 0 bridgehead atoms. The van der Waals surface area contributed by atoms with Crippen molar-refractivity contribution in [2.45, 2.75) is 12.8 Å². The molecule has 0 unspecified atom stereocenters. The lowest BCUT2D eigenvalue weighted by Crippen LogP contribution is -1.81. The van der Waals surface area contributed by atoms with Gasteiger partial charge in [-0.2, -0.15) is 4.39 Å². The Morgan fingerprint density at radius 1 is 1.05 bits per heavy atom. The van der Waals surface area contributed by atoms with Gasteiger partial charge in [-0.05, 0) is 48.7 Å². The number of halogens is 2. The molecule has 0 fully saturated rings. The van der Waals surface area contributed by atoms with E-state index in [1.807, 2.05) is 18.2 Å². The molecule has 0 spiro atoms. The summed E-state index contributed by atoms with van der Waals surface area (Å²) in [7, 11) is 0. The van der Waals surface area contributed by atoms with E-state index in [2.05, 4.69) is 17.9 Å². The zero-order valence-electron chi connectivity index (χ0n) is 10.4. The molecule has 0 nitrogen and oxygen atoms in total. The van der Waals surface area contributed by atoms with Crippen molar-refractivity contribution in [3.8, 4) is 0 Å². The Morgan fingerprint density at radius 2 is 1.74 bits per heavy atom. The third-order valence-electron chi connectivity index (χ3n) is 2.75. The molecule has 0 saturated carbocycles. The number of allylic oxidation sites excluding steroid dienone is 1. The Bertz CT molecular complexity index is 578. The zero-order valence-corrected chi connectivity index (χ0v) is 11.2. The Kier molecular flexibility index (Phi) is 4.97. The average molecular weight is 273 g/mol. The van der Waals surface area contributed by atoms with E-state index < -0.39 is 0 Å². The van der Waals surface area contributed by atoms with Crippen LogP contribution in [0, 0.1) is 0 Å². The van der Waals surface area contributed by atoms with Gasteiger partial charge in [-0.25, -0.2) is 0 Å². The van der Waals surface area contributed by atoms with Crippen LogP contribution in [0.1, 0.15) is 17.5 Å². The summed E-state index contributed by atoms with van der Waals surface area (Å²) in [6.45, 7) is 0. The molecule has 2 heteroatoms. The third-order valence-corrected chi connectivity index (χ3v) is 3.00. The minimum Gasteiger partial charge on any atom is -0.197 e. The van der Waals surface area contributed by atoms with Gasteiger partial charge < -0.3 is 0 Å². The molecule has 0 aromatic heterocycles. The first-order chi connectivity index (χ1) is 9.25. The highest BCUT2D eigenvalue weighted by atomic mass is 35.5. The summed E-state index contributed by atoms with van der Waals surface area (Å²) >= 11 is 5.75. The molecule has 0 atom stereocenters. The summed E-state index contributed by atoms with van der Waals surface area (Å²) in [6.07, 6.45) is 3.39. The van der Waals surface area contributed by atoms with Crippen molar-refractivity contribution < 1.29 is 4.39 Å². The number of hydrogen-bond donors (Lipinski definition) is 0. The van der Waals surface area contributed by atoms with Crippen LogP contribution in [0.2, 0.25) is 5.02 Å². The van der Waals surface area contributed by atoms with E-state index in [0.717, 1.165) is 12.8 Å². The van der Waals surface area contributed by atoms with Gasteiger partial charge in [-0.1, -0.05) is 47.7 Å². The van der Waals surface area contributed by atoms with E-state index in [1.54, 1.807) is 30.3 Å². The summed E-state index contributed by atoms with van der Waals surface area (Å²) in [4.78, 5) is 0. The van der Waals surface area contributed by atoms with Crippen molar-refractivity contribution in [1.29, 1.82) is 0 Å². The Morgan fingerprint density at radius 3 is 2.42 bits per heavy atom. The maximum absolute atomic E-state index is 13.7. The lowest BCUT2D eigenvalue weighted by atomic mass is 10.1. The second-order valence-electron chi connectivity index (χ2n) is 4.19. The average Bonchev–Trinajstić information content (AvgIpc) is 2.45. The minimum atomic E-state index is -0.357. The highest BCUT2D eigenvalue weighted by Gasteiger charge is 1.97. The highest BCUT2D eigenvalue weighted by molar-refractivity contribution is 6.30. The van der Waals surface area contributed by atoms with Gasteiger partial charge in [0.1, 0.15) is 0 Å². The second kappa shape index (κ2) is 6.94. The van der Waals surface area contributed by atoms with Gasteiger partial charge in [0.2, 0.25) is 0 Å². The van der Waals surface area contributed by atoms with Gasteiger partial charge in [0.05, 0.1) is 0 Å². The molecule has 0 saturated heterocycles. The van der Waals surface area contributed by atoms with Crippen LogP contribution < -0.4 is 0 Å².